The van der Waals surface area contributed by atoms with Crippen LogP contribution in [0, 0.1) is 5.41 Å². The molecule has 3 rings (SSSR count). The van der Waals surface area contributed by atoms with Gasteiger partial charge in [-0.25, -0.2) is 4.98 Å². The van der Waals surface area contributed by atoms with E-state index in [4.69, 9.17) is 4.52 Å². The van der Waals surface area contributed by atoms with E-state index in [2.05, 4.69) is 30.9 Å². The van der Waals surface area contributed by atoms with Crippen molar-refractivity contribution in [2.24, 2.45) is 5.41 Å². The lowest BCUT2D eigenvalue weighted by Gasteiger charge is -2.21. The number of rotatable bonds is 6. The smallest absolute Gasteiger partial charge is 0.259 e. The molecule has 25 heavy (non-hydrogen) atoms. The molecule has 0 saturated heterocycles. The van der Waals surface area contributed by atoms with Gasteiger partial charge in [0.15, 0.2) is 0 Å². The van der Waals surface area contributed by atoms with Crippen LogP contribution >= 0.6 is 0 Å². The summed E-state index contributed by atoms with van der Waals surface area (Å²) in [5.74, 6) is 0.323. The lowest BCUT2D eigenvalue weighted by molar-refractivity contribution is 0.0733. The molecule has 1 aliphatic carbocycles. The number of aliphatic hydroxyl groups is 1. The summed E-state index contributed by atoms with van der Waals surface area (Å²) < 4.78 is 5.50. The van der Waals surface area contributed by atoms with Crippen LogP contribution in [0.4, 0.5) is 0 Å². The van der Waals surface area contributed by atoms with Gasteiger partial charge in [-0.15, -0.1) is 0 Å². The minimum atomic E-state index is -0.0933. The number of aromatic nitrogens is 2. The van der Waals surface area contributed by atoms with Gasteiger partial charge in [-0.05, 0) is 37.7 Å². The van der Waals surface area contributed by atoms with Crippen molar-refractivity contribution in [3.63, 3.8) is 0 Å². The molecule has 1 saturated carbocycles. The van der Waals surface area contributed by atoms with Crippen LogP contribution in [-0.2, 0) is 6.42 Å². The van der Waals surface area contributed by atoms with Crippen molar-refractivity contribution in [1.29, 1.82) is 0 Å². The van der Waals surface area contributed by atoms with E-state index in [0.717, 1.165) is 29.6 Å². The fourth-order valence-corrected chi connectivity index (χ4v) is 3.10. The number of hydrogen-bond acceptors (Lipinski definition) is 5. The molecule has 0 aromatic carbocycles. The summed E-state index contributed by atoms with van der Waals surface area (Å²) in [5, 5.41) is 14.2. The Morgan fingerprint density at radius 1 is 1.40 bits per heavy atom. The van der Waals surface area contributed by atoms with E-state index in [1.165, 1.54) is 0 Å². The van der Waals surface area contributed by atoms with Crippen LogP contribution < -0.4 is 0 Å². The molecule has 1 fully saturated rings. The fraction of sp³-hybridized carbons (Fsp3) is 0.632. The summed E-state index contributed by atoms with van der Waals surface area (Å²) in [5.41, 5.74) is 2.76. The largest absolute Gasteiger partial charge is 0.395 e. The second-order valence-corrected chi connectivity index (χ2v) is 8.02. The van der Waals surface area contributed by atoms with E-state index >= 15 is 0 Å². The molecule has 0 spiro atoms. The van der Waals surface area contributed by atoms with Crippen LogP contribution in [0.3, 0.4) is 0 Å². The SMILES string of the molecule is CCN(CCO)C(=O)c1cc(C2CC2)nc2onc(CC(C)(C)C)c12. The number of carbonyl (C=O) groups excluding carboxylic acids is 1. The van der Waals surface area contributed by atoms with Crippen LogP contribution in [-0.4, -0.2) is 45.8 Å². The first kappa shape index (κ1) is 17.9. The van der Waals surface area contributed by atoms with E-state index in [9.17, 15) is 9.90 Å². The number of carbonyl (C=O) groups is 1. The first-order valence-corrected chi connectivity index (χ1v) is 9.03. The van der Waals surface area contributed by atoms with Crippen molar-refractivity contribution in [2.75, 3.05) is 19.7 Å². The van der Waals surface area contributed by atoms with E-state index in [-0.39, 0.29) is 17.9 Å². The molecule has 2 aromatic heterocycles. The molecule has 2 aromatic rings. The lowest BCUT2D eigenvalue weighted by Crippen LogP contribution is -2.33. The van der Waals surface area contributed by atoms with Gasteiger partial charge in [0.25, 0.3) is 11.6 Å². The Bertz CT molecular complexity index is 772. The Hall–Kier alpha value is -1.95. The maximum atomic E-state index is 13.1. The van der Waals surface area contributed by atoms with Crippen molar-refractivity contribution in [3.8, 4) is 0 Å². The fourth-order valence-electron chi connectivity index (χ4n) is 3.10. The highest BCUT2D eigenvalue weighted by molar-refractivity contribution is 6.06. The highest BCUT2D eigenvalue weighted by atomic mass is 16.5. The zero-order chi connectivity index (χ0) is 18.2. The number of aliphatic hydroxyl groups excluding tert-OH is 1. The molecule has 1 N–H and O–H groups in total. The maximum Gasteiger partial charge on any atom is 0.259 e. The maximum absolute atomic E-state index is 13.1. The molecule has 6 heteroatoms. The van der Waals surface area contributed by atoms with E-state index in [1.807, 2.05) is 13.0 Å². The van der Waals surface area contributed by atoms with Crippen LogP contribution in [0.25, 0.3) is 11.1 Å². The Kier molecular flexibility index (Phi) is 4.82. The summed E-state index contributed by atoms with van der Waals surface area (Å²) >= 11 is 0. The third-order valence-electron chi connectivity index (χ3n) is 4.50. The van der Waals surface area contributed by atoms with Crippen molar-refractivity contribution in [3.05, 3.63) is 23.0 Å². The molecule has 0 unspecified atom stereocenters. The van der Waals surface area contributed by atoms with Crippen molar-refractivity contribution in [2.45, 2.75) is 52.9 Å². The second-order valence-electron chi connectivity index (χ2n) is 8.02. The Balaban J connectivity index is 2.12. The highest BCUT2D eigenvalue weighted by Crippen LogP contribution is 2.41. The van der Waals surface area contributed by atoms with Crippen LogP contribution in [0.15, 0.2) is 10.6 Å². The number of amides is 1. The van der Waals surface area contributed by atoms with Crippen LogP contribution in [0.2, 0.25) is 0 Å². The molecule has 2 heterocycles. The zero-order valence-corrected chi connectivity index (χ0v) is 15.5. The third-order valence-corrected chi connectivity index (χ3v) is 4.50. The molecular weight excluding hydrogens is 318 g/mol. The van der Waals surface area contributed by atoms with Crippen LogP contribution in [0.5, 0.6) is 0 Å². The summed E-state index contributed by atoms with van der Waals surface area (Å²) in [7, 11) is 0. The van der Waals surface area contributed by atoms with Gasteiger partial charge < -0.3 is 14.5 Å². The minimum Gasteiger partial charge on any atom is -0.395 e. The zero-order valence-electron chi connectivity index (χ0n) is 15.5. The first-order chi connectivity index (χ1) is 11.8. The number of fused-ring (bicyclic) bond motifs is 1. The van der Waals surface area contributed by atoms with Gasteiger partial charge in [0, 0.05) is 24.7 Å². The van der Waals surface area contributed by atoms with Gasteiger partial charge in [0.05, 0.1) is 23.3 Å². The van der Waals surface area contributed by atoms with Crippen LogP contribution in [0.1, 0.15) is 68.2 Å². The molecule has 6 nitrogen and oxygen atoms in total. The van der Waals surface area contributed by atoms with E-state index in [0.29, 0.717) is 36.7 Å². The molecule has 0 atom stereocenters. The second kappa shape index (κ2) is 6.75. The number of hydrogen-bond donors (Lipinski definition) is 1. The Labute approximate surface area is 148 Å². The van der Waals surface area contributed by atoms with E-state index < -0.39 is 0 Å². The van der Waals surface area contributed by atoms with Crippen molar-refractivity contribution >= 4 is 17.0 Å². The predicted molar refractivity (Wildman–Crippen MR) is 95.6 cm³/mol. The number of nitrogens with zero attached hydrogens (tertiary/aromatic N) is 3. The molecule has 1 amide bonds. The average Bonchev–Trinajstić information content (AvgIpc) is 3.33. The van der Waals surface area contributed by atoms with Crippen molar-refractivity contribution < 1.29 is 14.4 Å². The Morgan fingerprint density at radius 3 is 2.68 bits per heavy atom. The Morgan fingerprint density at radius 2 is 2.12 bits per heavy atom. The topological polar surface area (TPSA) is 79.5 Å². The summed E-state index contributed by atoms with van der Waals surface area (Å²) in [6.07, 6.45) is 2.91. The van der Waals surface area contributed by atoms with Gasteiger partial charge in [0.1, 0.15) is 0 Å². The lowest BCUT2D eigenvalue weighted by atomic mass is 9.89. The van der Waals surface area contributed by atoms with Gasteiger partial charge in [-0.1, -0.05) is 25.9 Å². The minimum absolute atomic E-state index is 0.0226. The average molecular weight is 345 g/mol. The predicted octanol–water partition coefficient (Wildman–Crippen LogP) is 3.14. The van der Waals surface area contributed by atoms with E-state index in [1.54, 1.807) is 4.90 Å². The van der Waals surface area contributed by atoms with Gasteiger partial charge in [-0.3, -0.25) is 4.79 Å². The molecule has 0 aliphatic heterocycles. The van der Waals surface area contributed by atoms with Gasteiger partial charge >= 0.3 is 0 Å². The number of pyridine rings is 1. The molecule has 1 aliphatic rings. The van der Waals surface area contributed by atoms with Gasteiger partial charge in [0.2, 0.25) is 0 Å². The molecule has 0 bridgehead atoms. The monoisotopic (exact) mass is 345 g/mol. The third kappa shape index (κ3) is 3.84. The quantitative estimate of drug-likeness (QED) is 0.870. The highest BCUT2D eigenvalue weighted by Gasteiger charge is 2.30. The summed E-state index contributed by atoms with van der Waals surface area (Å²) in [6.45, 7) is 9.11. The summed E-state index contributed by atoms with van der Waals surface area (Å²) in [6, 6.07) is 1.91. The normalized spacial score (nSPS) is 14.9. The molecule has 136 valence electrons. The van der Waals surface area contributed by atoms with Gasteiger partial charge in [-0.2, -0.15) is 0 Å². The molecular formula is C19H27N3O3. The number of likely N-dealkylation sites (N-methyl/N-ethyl adjacent to an activating group) is 1. The van der Waals surface area contributed by atoms with Crippen molar-refractivity contribution in [1.82, 2.24) is 15.0 Å². The first-order valence-electron chi connectivity index (χ1n) is 9.03. The standard InChI is InChI=1S/C19H27N3O3/c1-5-22(8-9-23)18(24)13-10-14(12-6-7-12)20-17-16(13)15(21-25-17)11-19(2,3)4/h10,12,23H,5-9,11H2,1-4H3. The summed E-state index contributed by atoms with van der Waals surface area (Å²) in [4.78, 5) is 19.4. The molecule has 0 radical (unpaired) electrons.